The largest absolute Gasteiger partial charge is 0.507 e. The third-order valence-corrected chi connectivity index (χ3v) is 7.41. The lowest BCUT2D eigenvalue weighted by atomic mass is 9.76. The summed E-state index contributed by atoms with van der Waals surface area (Å²) >= 11 is 0. The predicted octanol–water partition coefficient (Wildman–Crippen LogP) is 3.10. The molecule has 0 amide bonds. The normalized spacial score (nSPS) is 23.3. The predicted molar refractivity (Wildman–Crippen MR) is 117 cm³/mol. The molecule has 3 heterocycles. The van der Waals surface area contributed by atoms with Crippen LogP contribution in [0.25, 0.3) is 0 Å². The van der Waals surface area contributed by atoms with Crippen LogP contribution in [0.15, 0.2) is 48.8 Å². The Morgan fingerprint density at radius 3 is 2.21 bits per heavy atom. The van der Waals surface area contributed by atoms with Crippen LogP contribution < -0.4 is 0 Å². The van der Waals surface area contributed by atoms with E-state index in [1.807, 2.05) is 24.0 Å². The number of pyridine rings is 1. The van der Waals surface area contributed by atoms with Crippen LogP contribution >= 0.6 is 0 Å². The molecular formula is C26H20N2O5. The Balaban J connectivity index is 1.57. The van der Waals surface area contributed by atoms with Crippen molar-refractivity contribution in [3.05, 3.63) is 87.7 Å². The van der Waals surface area contributed by atoms with Gasteiger partial charge >= 0.3 is 0 Å². The zero-order valence-electron chi connectivity index (χ0n) is 17.8. The molecule has 2 aliphatic heterocycles. The summed E-state index contributed by atoms with van der Waals surface area (Å²) in [6.45, 7) is 2.28. The molecule has 0 saturated carbocycles. The Morgan fingerprint density at radius 2 is 1.58 bits per heavy atom. The Bertz CT molecular complexity index is 1400. The number of benzene rings is 2. The van der Waals surface area contributed by atoms with Crippen molar-refractivity contribution in [3.8, 4) is 11.5 Å². The van der Waals surface area contributed by atoms with Crippen LogP contribution in [0.4, 0.5) is 0 Å². The molecule has 0 radical (unpaired) electrons. The number of hydrogen-bond donors (Lipinski definition) is 2. The second-order valence-corrected chi connectivity index (χ2v) is 9.12. The van der Waals surface area contributed by atoms with Gasteiger partial charge in [-0.1, -0.05) is 24.3 Å². The number of rotatable bonds is 2. The van der Waals surface area contributed by atoms with E-state index in [0.29, 0.717) is 17.7 Å². The second kappa shape index (κ2) is 6.59. The number of Topliss-reactive ketones (excluding diaryl/α,β-unsaturated/α-hetero) is 1. The molecule has 1 saturated heterocycles. The molecule has 33 heavy (non-hydrogen) atoms. The number of fused-ring (bicyclic) bond motifs is 6. The van der Waals surface area contributed by atoms with E-state index in [0.717, 1.165) is 5.56 Å². The third-order valence-electron chi connectivity index (χ3n) is 7.41. The highest BCUT2D eigenvalue weighted by molar-refractivity contribution is 6.30. The Morgan fingerprint density at radius 1 is 0.970 bits per heavy atom. The van der Waals surface area contributed by atoms with Crippen molar-refractivity contribution < 1.29 is 24.6 Å². The molecule has 1 aromatic heterocycles. The van der Waals surface area contributed by atoms with Crippen LogP contribution in [-0.2, 0) is 17.8 Å². The number of nitrogens with zero attached hydrogens (tertiary/aromatic N) is 2. The minimum atomic E-state index is -0.904. The highest BCUT2D eigenvalue weighted by Gasteiger charge is 2.56. The minimum Gasteiger partial charge on any atom is -0.507 e. The first-order chi connectivity index (χ1) is 15.8. The zero-order valence-corrected chi connectivity index (χ0v) is 17.8. The van der Waals surface area contributed by atoms with Crippen LogP contribution in [0.5, 0.6) is 11.5 Å². The number of aromatic nitrogens is 1. The van der Waals surface area contributed by atoms with E-state index in [9.17, 15) is 24.6 Å². The first kappa shape index (κ1) is 19.8. The molecule has 2 atom stereocenters. The minimum absolute atomic E-state index is 0.00420. The van der Waals surface area contributed by atoms with Gasteiger partial charge in [0.25, 0.3) is 0 Å². The lowest BCUT2D eigenvalue weighted by Gasteiger charge is -2.43. The Hall–Kier alpha value is -3.84. The summed E-state index contributed by atoms with van der Waals surface area (Å²) in [5, 5.41) is 22.6. The lowest BCUT2D eigenvalue weighted by molar-refractivity contribution is -0.124. The fraction of sp³-hybridized carbons (Fsp3) is 0.231. The summed E-state index contributed by atoms with van der Waals surface area (Å²) in [6, 6.07) is 9.61. The van der Waals surface area contributed by atoms with Crippen LogP contribution in [-0.4, -0.2) is 43.0 Å². The van der Waals surface area contributed by atoms with E-state index < -0.39 is 23.1 Å². The maximum absolute atomic E-state index is 13.3. The quantitative estimate of drug-likeness (QED) is 0.461. The molecular weight excluding hydrogens is 420 g/mol. The van der Waals surface area contributed by atoms with E-state index in [1.54, 1.807) is 36.7 Å². The average Bonchev–Trinajstić information content (AvgIpc) is 2.97. The van der Waals surface area contributed by atoms with Crippen molar-refractivity contribution >= 4 is 17.3 Å². The van der Waals surface area contributed by atoms with Gasteiger partial charge in [-0.2, -0.15) is 0 Å². The number of phenols is 2. The van der Waals surface area contributed by atoms with Gasteiger partial charge in [-0.3, -0.25) is 24.3 Å². The molecule has 3 aliphatic rings. The molecule has 1 aliphatic carbocycles. The van der Waals surface area contributed by atoms with Crippen molar-refractivity contribution in [2.45, 2.75) is 37.9 Å². The van der Waals surface area contributed by atoms with Crippen LogP contribution in [0.2, 0.25) is 0 Å². The number of carbonyl (C=O) groups excluding carboxylic acids is 3. The lowest BCUT2D eigenvalue weighted by Crippen LogP contribution is -2.50. The highest BCUT2D eigenvalue weighted by atomic mass is 16.3. The smallest absolute Gasteiger partial charge is 0.198 e. The summed E-state index contributed by atoms with van der Waals surface area (Å²) in [4.78, 5) is 45.7. The number of carbonyl (C=O) groups is 3. The fourth-order valence-corrected chi connectivity index (χ4v) is 5.70. The van der Waals surface area contributed by atoms with Gasteiger partial charge in [0.2, 0.25) is 0 Å². The third kappa shape index (κ3) is 2.48. The van der Waals surface area contributed by atoms with Gasteiger partial charge in [0.15, 0.2) is 17.3 Å². The molecule has 0 spiro atoms. The zero-order chi connectivity index (χ0) is 23.1. The first-order valence-corrected chi connectivity index (χ1v) is 10.8. The van der Waals surface area contributed by atoms with E-state index in [1.165, 1.54) is 0 Å². The van der Waals surface area contributed by atoms with Crippen LogP contribution in [0.1, 0.15) is 67.9 Å². The molecule has 7 nitrogen and oxygen atoms in total. The molecule has 2 bridgehead atoms. The molecule has 2 N–H and O–H groups in total. The molecule has 164 valence electrons. The van der Waals surface area contributed by atoms with Crippen molar-refractivity contribution in [3.63, 3.8) is 0 Å². The van der Waals surface area contributed by atoms with Crippen molar-refractivity contribution in [2.75, 3.05) is 0 Å². The van der Waals surface area contributed by atoms with Gasteiger partial charge in [-0.25, -0.2) is 0 Å². The van der Waals surface area contributed by atoms with Gasteiger partial charge in [0, 0.05) is 60.1 Å². The highest BCUT2D eigenvalue weighted by Crippen LogP contribution is 2.56. The second-order valence-electron chi connectivity index (χ2n) is 9.12. The average molecular weight is 440 g/mol. The maximum Gasteiger partial charge on any atom is 0.198 e. The standard InChI is InChI=1S/C26H20N2O5/c1-26-11-16-19(17(10-18(26)29)28(26)12-13-6-8-27-9-7-13)25(33)21-20(24(16)32)22(30)14-4-2-3-5-15(14)23(21)31/h2-9,17,32-33H,10-12H2,1H3. The summed E-state index contributed by atoms with van der Waals surface area (Å²) in [7, 11) is 0. The van der Waals surface area contributed by atoms with E-state index in [-0.39, 0.29) is 52.4 Å². The molecule has 3 aromatic rings. The number of hydrogen-bond acceptors (Lipinski definition) is 7. The molecule has 6 rings (SSSR count). The van der Waals surface area contributed by atoms with Crippen molar-refractivity contribution in [1.29, 1.82) is 0 Å². The number of phenolic OH excluding ortho intramolecular Hbond substituents is 2. The molecule has 2 unspecified atom stereocenters. The summed E-state index contributed by atoms with van der Waals surface area (Å²) in [6.07, 6.45) is 3.65. The van der Waals surface area contributed by atoms with E-state index >= 15 is 0 Å². The Labute approximate surface area is 189 Å². The van der Waals surface area contributed by atoms with Gasteiger partial charge in [0.05, 0.1) is 16.7 Å². The van der Waals surface area contributed by atoms with Gasteiger partial charge in [0.1, 0.15) is 11.5 Å². The van der Waals surface area contributed by atoms with Gasteiger partial charge in [-0.15, -0.1) is 0 Å². The van der Waals surface area contributed by atoms with Crippen molar-refractivity contribution in [2.24, 2.45) is 0 Å². The number of ketones is 3. The fourth-order valence-electron chi connectivity index (χ4n) is 5.70. The SMILES string of the molecule is CC12Cc3c(O)c4c(c(O)c3C(CC1=O)N2Cc1ccncc1)C(=O)c1ccccc1C4=O. The monoisotopic (exact) mass is 440 g/mol. The topological polar surface area (TPSA) is 108 Å². The van der Waals surface area contributed by atoms with Gasteiger partial charge < -0.3 is 10.2 Å². The van der Waals surface area contributed by atoms with E-state index in [4.69, 9.17) is 0 Å². The van der Waals surface area contributed by atoms with Crippen LogP contribution in [0, 0.1) is 0 Å². The maximum atomic E-state index is 13.3. The Kier molecular flexibility index (Phi) is 3.95. The summed E-state index contributed by atoms with van der Waals surface area (Å²) < 4.78 is 0. The number of aromatic hydroxyl groups is 2. The van der Waals surface area contributed by atoms with E-state index in [2.05, 4.69) is 4.98 Å². The molecule has 2 aromatic carbocycles. The first-order valence-electron chi connectivity index (χ1n) is 10.8. The van der Waals surface area contributed by atoms with Gasteiger partial charge in [-0.05, 0) is 24.6 Å². The van der Waals surface area contributed by atoms with Crippen molar-refractivity contribution in [1.82, 2.24) is 9.88 Å². The molecule has 7 heteroatoms. The molecule has 1 fully saturated rings. The van der Waals surface area contributed by atoms with Crippen LogP contribution in [0.3, 0.4) is 0 Å². The summed E-state index contributed by atoms with van der Waals surface area (Å²) in [5.74, 6) is -1.63. The summed E-state index contributed by atoms with van der Waals surface area (Å²) in [5.41, 5.74) is 0.835.